The molecule has 1 aromatic rings. The number of nitrogens with one attached hydrogen (secondary N) is 1. The van der Waals surface area contributed by atoms with Crippen molar-refractivity contribution >= 4 is 12.0 Å². The quantitative estimate of drug-likeness (QED) is 0.787. The number of ether oxygens (including phenoxy) is 1. The monoisotopic (exact) mass is 281 g/mol. The van der Waals surface area contributed by atoms with Crippen LogP contribution in [-0.2, 0) is 11.3 Å². The Kier molecular flexibility index (Phi) is 6.45. The minimum Gasteiger partial charge on any atom is -0.450 e. The third-order valence-electron chi connectivity index (χ3n) is 2.53. The van der Waals surface area contributed by atoms with Crippen molar-refractivity contribution in [2.75, 3.05) is 26.8 Å². The summed E-state index contributed by atoms with van der Waals surface area (Å²) in [7, 11) is 1.61. The van der Waals surface area contributed by atoms with Gasteiger partial charge < -0.3 is 20.1 Å². The number of aliphatic hydroxyl groups excluding tert-OH is 1. The van der Waals surface area contributed by atoms with E-state index in [1.54, 1.807) is 26.1 Å². The summed E-state index contributed by atoms with van der Waals surface area (Å²) in [4.78, 5) is 28.7. The molecule has 0 aliphatic heterocycles. The molecule has 0 aliphatic rings. The van der Waals surface area contributed by atoms with Crippen molar-refractivity contribution in [2.24, 2.45) is 0 Å². The number of likely N-dealkylation sites (N-methyl/N-ethyl adjacent to an activating group) is 1. The van der Waals surface area contributed by atoms with Gasteiger partial charge in [0.15, 0.2) is 0 Å². The highest BCUT2D eigenvalue weighted by Crippen LogP contribution is 2.05. The molecule has 7 heteroatoms. The van der Waals surface area contributed by atoms with E-state index in [0.717, 1.165) is 0 Å². The van der Waals surface area contributed by atoms with Crippen LogP contribution in [0.2, 0.25) is 0 Å². The molecule has 0 atom stereocenters. The van der Waals surface area contributed by atoms with Gasteiger partial charge in [0, 0.05) is 25.4 Å². The lowest BCUT2D eigenvalue weighted by molar-refractivity contribution is 0.0766. The van der Waals surface area contributed by atoms with Crippen LogP contribution >= 0.6 is 0 Å². The third kappa shape index (κ3) is 4.85. The van der Waals surface area contributed by atoms with Gasteiger partial charge in [-0.3, -0.25) is 9.78 Å². The summed E-state index contributed by atoms with van der Waals surface area (Å²) >= 11 is 0. The number of alkyl carbamates (subject to hydrolysis) is 1. The van der Waals surface area contributed by atoms with Crippen molar-refractivity contribution in [3.63, 3.8) is 0 Å². The standard InChI is InChI=1S/C13H19N3O4/c1-3-20-13(19)15-9-11-8-10(4-5-14-11)12(18)16(2)6-7-17/h4-5,8,17H,3,6-7,9H2,1-2H3,(H,15,19). The lowest BCUT2D eigenvalue weighted by Crippen LogP contribution is -2.30. The van der Waals surface area contributed by atoms with Gasteiger partial charge >= 0.3 is 6.09 Å². The predicted molar refractivity (Wildman–Crippen MR) is 72.1 cm³/mol. The summed E-state index contributed by atoms with van der Waals surface area (Å²) in [5.41, 5.74) is 1.01. The summed E-state index contributed by atoms with van der Waals surface area (Å²) in [5, 5.41) is 11.3. The fraction of sp³-hybridized carbons (Fsp3) is 0.462. The van der Waals surface area contributed by atoms with E-state index in [1.807, 2.05) is 0 Å². The summed E-state index contributed by atoms with van der Waals surface area (Å²) in [5.74, 6) is -0.209. The van der Waals surface area contributed by atoms with E-state index >= 15 is 0 Å². The van der Waals surface area contributed by atoms with Gasteiger partial charge in [0.1, 0.15) is 0 Å². The molecule has 1 aromatic heterocycles. The average Bonchev–Trinajstić information content (AvgIpc) is 2.45. The van der Waals surface area contributed by atoms with Crippen LogP contribution in [0.25, 0.3) is 0 Å². The largest absolute Gasteiger partial charge is 0.450 e. The molecule has 0 aliphatic carbocycles. The number of aromatic nitrogens is 1. The van der Waals surface area contributed by atoms with Gasteiger partial charge in [-0.15, -0.1) is 0 Å². The van der Waals surface area contributed by atoms with Gasteiger partial charge in [0.2, 0.25) is 0 Å². The highest BCUT2D eigenvalue weighted by atomic mass is 16.5. The van der Waals surface area contributed by atoms with Crippen LogP contribution in [0.5, 0.6) is 0 Å². The van der Waals surface area contributed by atoms with Crippen LogP contribution in [0.4, 0.5) is 4.79 Å². The van der Waals surface area contributed by atoms with Crippen molar-refractivity contribution < 1.29 is 19.4 Å². The number of hydrogen-bond acceptors (Lipinski definition) is 5. The van der Waals surface area contributed by atoms with Crippen LogP contribution in [0, 0.1) is 0 Å². The highest BCUT2D eigenvalue weighted by Gasteiger charge is 2.12. The van der Waals surface area contributed by atoms with Crippen molar-refractivity contribution in [2.45, 2.75) is 13.5 Å². The lowest BCUT2D eigenvalue weighted by Gasteiger charge is -2.15. The van der Waals surface area contributed by atoms with Gasteiger partial charge in [0.05, 0.1) is 25.5 Å². The number of pyridine rings is 1. The topological polar surface area (TPSA) is 91.8 Å². The number of carbonyl (C=O) groups is 2. The molecule has 1 heterocycles. The van der Waals surface area contributed by atoms with E-state index in [0.29, 0.717) is 17.9 Å². The minimum absolute atomic E-state index is 0.0927. The van der Waals surface area contributed by atoms with Crippen molar-refractivity contribution in [3.8, 4) is 0 Å². The molecule has 0 saturated carbocycles. The number of aliphatic hydroxyl groups is 1. The van der Waals surface area contributed by atoms with E-state index in [4.69, 9.17) is 9.84 Å². The first-order chi connectivity index (χ1) is 9.58. The zero-order chi connectivity index (χ0) is 15.0. The maximum absolute atomic E-state index is 12.0. The molecular formula is C13H19N3O4. The first-order valence-corrected chi connectivity index (χ1v) is 6.30. The average molecular weight is 281 g/mol. The van der Waals surface area contributed by atoms with Gasteiger partial charge in [-0.2, -0.15) is 0 Å². The van der Waals surface area contributed by atoms with Crippen LogP contribution in [0.3, 0.4) is 0 Å². The molecule has 0 bridgehead atoms. The van der Waals surface area contributed by atoms with Crippen LogP contribution in [0.15, 0.2) is 18.3 Å². The van der Waals surface area contributed by atoms with Crippen molar-refractivity contribution in [1.29, 1.82) is 0 Å². The van der Waals surface area contributed by atoms with Crippen LogP contribution < -0.4 is 5.32 Å². The number of nitrogens with zero attached hydrogens (tertiary/aromatic N) is 2. The summed E-state index contributed by atoms with van der Waals surface area (Å²) in [6.45, 7) is 2.36. The van der Waals surface area contributed by atoms with Gasteiger partial charge in [-0.1, -0.05) is 0 Å². The van der Waals surface area contributed by atoms with Crippen molar-refractivity contribution in [3.05, 3.63) is 29.6 Å². The number of rotatable bonds is 6. The Morgan fingerprint density at radius 1 is 1.50 bits per heavy atom. The van der Waals surface area contributed by atoms with E-state index in [2.05, 4.69) is 10.3 Å². The fourth-order valence-electron chi connectivity index (χ4n) is 1.52. The second kappa shape index (κ2) is 8.11. The molecule has 2 N–H and O–H groups in total. The Morgan fingerprint density at radius 3 is 2.90 bits per heavy atom. The van der Waals surface area contributed by atoms with E-state index in [-0.39, 0.29) is 25.6 Å². The number of amides is 2. The van der Waals surface area contributed by atoms with Crippen molar-refractivity contribution in [1.82, 2.24) is 15.2 Å². The van der Waals surface area contributed by atoms with E-state index < -0.39 is 6.09 Å². The molecule has 2 amide bonds. The lowest BCUT2D eigenvalue weighted by atomic mass is 10.2. The second-order valence-electron chi connectivity index (χ2n) is 4.06. The smallest absolute Gasteiger partial charge is 0.407 e. The molecule has 20 heavy (non-hydrogen) atoms. The first-order valence-electron chi connectivity index (χ1n) is 6.30. The Balaban J connectivity index is 2.66. The molecular weight excluding hydrogens is 262 g/mol. The Bertz CT molecular complexity index is 465. The molecule has 0 radical (unpaired) electrons. The van der Waals surface area contributed by atoms with Gasteiger partial charge in [0.25, 0.3) is 5.91 Å². The Hall–Kier alpha value is -2.15. The Morgan fingerprint density at radius 2 is 2.25 bits per heavy atom. The predicted octanol–water partition coefficient (Wildman–Crippen LogP) is 0.392. The first kappa shape index (κ1) is 15.9. The molecule has 0 spiro atoms. The maximum Gasteiger partial charge on any atom is 0.407 e. The molecule has 0 unspecified atom stereocenters. The SMILES string of the molecule is CCOC(=O)NCc1cc(C(=O)N(C)CCO)ccn1. The Labute approximate surface area is 117 Å². The molecule has 0 aromatic carbocycles. The number of carbonyl (C=O) groups excluding carboxylic acids is 2. The zero-order valence-electron chi connectivity index (χ0n) is 11.6. The number of hydrogen-bond donors (Lipinski definition) is 2. The third-order valence-corrected chi connectivity index (χ3v) is 2.53. The van der Waals surface area contributed by atoms with Gasteiger partial charge in [-0.25, -0.2) is 4.79 Å². The van der Waals surface area contributed by atoms with E-state index in [9.17, 15) is 9.59 Å². The fourth-order valence-corrected chi connectivity index (χ4v) is 1.52. The molecule has 0 saturated heterocycles. The van der Waals surface area contributed by atoms with E-state index in [1.165, 1.54) is 11.1 Å². The normalized spacial score (nSPS) is 9.95. The minimum atomic E-state index is -0.525. The summed E-state index contributed by atoms with van der Waals surface area (Å²) < 4.78 is 4.73. The molecule has 7 nitrogen and oxygen atoms in total. The highest BCUT2D eigenvalue weighted by molar-refractivity contribution is 5.94. The molecule has 110 valence electrons. The summed E-state index contributed by atoms with van der Waals surface area (Å²) in [6, 6.07) is 3.19. The van der Waals surface area contributed by atoms with Crippen LogP contribution in [-0.4, -0.2) is 53.8 Å². The maximum atomic E-state index is 12.0. The summed E-state index contributed by atoms with van der Waals surface area (Å²) in [6.07, 6.45) is 0.978. The molecule has 0 fully saturated rings. The second-order valence-corrected chi connectivity index (χ2v) is 4.06. The zero-order valence-corrected chi connectivity index (χ0v) is 11.6. The molecule has 1 rings (SSSR count). The van der Waals surface area contributed by atoms with Crippen LogP contribution in [0.1, 0.15) is 23.0 Å². The van der Waals surface area contributed by atoms with Gasteiger partial charge in [-0.05, 0) is 19.1 Å².